The molecule has 0 aliphatic heterocycles. The second kappa shape index (κ2) is 5.14. The third-order valence-corrected chi connectivity index (χ3v) is 3.22. The van der Waals surface area contributed by atoms with Crippen LogP contribution in [0.1, 0.15) is 12.7 Å². The number of benzene rings is 1. The van der Waals surface area contributed by atoms with Crippen molar-refractivity contribution in [2.24, 2.45) is 0 Å². The Hall–Kier alpha value is -1.95. The van der Waals surface area contributed by atoms with E-state index in [0.29, 0.717) is 5.82 Å². The van der Waals surface area contributed by atoms with Crippen LogP contribution in [0.2, 0.25) is 0 Å². The van der Waals surface area contributed by atoms with Crippen LogP contribution in [-0.4, -0.2) is 15.9 Å². The lowest BCUT2D eigenvalue weighted by molar-refractivity contribution is -0.114. The molecule has 0 radical (unpaired) electrons. The molecule has 0 atom stereocenters. The van der Waals surface area contributed by atoms with Crippen molar-refractivity contribution in [3.05, 3.63) is 30.1 Å². The van der Waals surface area contributed by atoms with Crippen molar-refractivity contribution < 1.29 is 4.79 Å². The van der Waals surface area contributed by atoms with Crippen molar-refractivity contribution in [1.29, 1.82) is 0 Å². The molecular weight excluding hydrogens is 248 g/mol. The van der Waals surface area contributed by atoms with Crippen LogP contribution in [0.3, 0.4) is 0 Å². The Morgan fingerprint density at radius 3 is 2.56 bits per heavy atom. The van der Waals surface area contributed by atoms with Gasteiger partial charge in [0.2, 0.25) is 5.91 Å². The maximum absolute atomic E-state index is 10.9. The van der Waals surface area contributed by atoms with E-state index in [9.17, 15) is 4.79 Å². The highest BCUT2D eigenvalue weighted by Crippen LogP contribution is 2.30. The van der Waals surface area contributed by atoms with Gasteiger partial charge < -0.3 is 16.0 Å². The van der Waals surface area contributed by atoms with Crippen molar-refractivity contribution in [2.45, 2.75) is 23.8 Å². The van der Waals surface area contributed by atoms with E-state index in [0.717, 1.165) is 21.4 Å². The largest absolute Gasteiger partial charge is 0.383 e. The SMILES string of the molecule is CC(=O)Nc1ccc(Sc2nc(C)[nH]c2N)cc1. The molecule has 0 fully saturated rings. The molecule has 0 aliphatic rings. The molecule has 0 unspecified atom stereocenters. The van der Waals surface area contributed by atoms with Gasteiger partial charge in [-0.2, -0.15) is 0 Å². The highest BCUT2D eigenvalue weighted by molar-refractivity contribution is 7.99. The van der Waals surface area contributed by atoms with Crippen LogP contribution in [0.4, 0.5) is 11.5 Å². The Balaban J connectivity index is 2.11. The van der Waals surface area contributed by atoms with E-state index in [1.54, 1.807) is 0 Å². The molecule has 0 saturated carbocycles. The van der Waals surface area contributed by atoms with Crippen molar-refractivity contribution >= 4 is 29.2 Å². The number of anilines is 2. The van der Waals surface area contributed by atoms with Crippen molar-refractivity contribution in [2.75, 3.05) is 11.1 Å². The Labute approximate surface area is 109 Å². The minimum absolute atomic E-state index is 0.0810. The minimum atomic E-state index is -0.0810. The molecule has 0 aliphatic carbocycles. The lowest BCUT2D eigenvalue weighted by atomic mass is 10.3. The number of aromatic nitrogens is 2. The Morgan fingerprint density at radius 2 is 2.06 bits per heavy atom. The number of hydrogen-bond acceptors (Lipinski definition) is 4. The molecule has 5 nitrogen and oxygen atoms in total. The zero-order valence-corrected chi connectivity index (χ0v) is 11.0. The fourth-order valence-corrected chi connectivity index (χ4v) is 2.33. The zero-order chi connectivity index (χ0) is 13.1. The molecule has 0 bridgehead atoms. The zero-order valence-electron chi connectivity index (χ0n) is 10.2. The molecule has 94 valence electrons. The van der Waals surface area contributed by atoms with E-state index < -0.39 is 0 Å². The third kappa shape index (κ3) is 3.04. The topological polar surface area (TPSA) is 83.8 Å². The molecule has 0 saturated heterocycles. The second-order valence-electron chi connectivity index (χ2n) is 3.85. The maximum Gasteiger partial charge on any atom is 0.221 e. The lowest BCUT2D eigenvalue weighted by Gasteiger charge is -2.03. The smallest absolute Gasteiger partial charge is 0.221 e. The Kier molecular flexibility index (Phi) is 3.57. The molecule has 4 N–H and O–H groups in total. The van der Waals surface area contributed by atoms with Crippen LogP contribution >= 0.6 is 11.8 Å². The number of hydrogen-bond donors (Lipinski definition) is 3. The van der Waals surface area contributed by atoms with Gasteiger partial charge in [-0.25, -0.2) is 4.98 Å². The number of nitrogen functional groups attached to an aromatic ring is 1. The highest BCUT2D eigenvalue weighted by Gasteiger charge is 2.06. The van der Waals surface area contributed by atoms with Gasteiger partial charge in [0, 0.05) is 17.5 Å². The summed E-state index contributed by atoms with van der Waals surface area (Å²) in [6, 6.07) is 7.53. The molecular formula is C12H14N4OS. The summed E-state index contributed by atoms with van der Waals surface area (Å²) in [5.74, 6) is 1.29. The lowest BCUT2D eigenvalue weighted by Crippen LogP contribution is -2.05. The summed E-state index contributed by atoms with van der Waals surface area (Å²) in [7, 11) is 0. The van der Waals surface area contributed by atoms with Crippen molar-refractivity contribution in [1.82, 2.24) is 9.97 Å². The van der Waals surface area contributed by atoms with Crippen molar-refractivity contribution in [3.63, 3.8) is 0 Å². The second-order valence-corrected chi connectivity index (χ2v) is 4.91. The van der Waals surface area contributed by atoms with Crippen LogP contribution in [0.5, 0.6) is 0 Å². The van der Waals surface area contributed by atoms with Gasteiger partial charge in [0.1, 0.15) is 16.7 Å². The van der Waals surface area contributed by atoms with Crippen molar-refractivity contribution in [3.8, 4) is 0 Å². The van der Waals surface area contributed by atoms with Crippen LogP contribution in [0, 0.1) is 6.92 Å². The summed E-state index contributed by atoms with van der Waals surface area (Å²) >= 11 is 1.48. The summed E-state index contributed by atoms with van der Waals surface area (Å²) < 4.78 is 0. The van der Waals surface area contributed by atoms with E-state index in [1.807, 2.05) is 31.2 Å². The first-order valence-corrected chi connectivity index (χ1v) is 6.24. The molecule has 1 amide bonds. The summed E-state index contributed by atoms with van der Waals surface area (Å²) in [5, 5.41) is 3.48. The number of aromatic amines is 1. The number of nitrogens with two attached hydrogens (primary N) is 1. The van der Waals surface area contributed by atoms with Gasteiger partial charge >= 0.3 is 0 Å². The summed E-state index contributed by atoms with van der Waals surface area (Å²) in [6.07, 6.45) is 0. The number of rotatable bonds is 3. The summed E-state index contributed by atoms with van der Waals surface area (Å²) in [5.41, 5.74) is 6.57. The number of H-pyrrole nitrogens is 1. The molecule has 6 heteroatoms. The quantitative estimate of drug-likeness (QED) is 0.793. The fraction of sp³-hybridized carbons (Fsp3) is 0.167. The minimum Gasteiger partial charge on any atom is -0.383 e. The molecule has 2 aromatic rings. The first-order valence-electron chi connectivity index (χ1n) is 5.42. The van der Waals surface area contributed by atoms with E-state index in [4.69, 9.17) is 5.73 Å². The van der Waals surface area contributed by atoms with Gasteiger partial charge in [0.05, 0.1) is 0 Å². The standard InChI is InChI=1S/C12H14N4OS/c1-7-14-11(13)12(15-7)18-10-5-3-9(4-6-10)16-8(2)17/h3-6H,13H2,1-2H3,(H,14,15)(H,16,17). The van der Waals surface area contributed by atoms with Gasteiger partial charge in [-0.15, -0.1) is 0 Å². The average molecular weight is 262 g/mol. The van der Waals surface area contributed by atoms with Crippen LogP contribution in [0.15, 0.2) is 34.2 Å². The van der Waals surface area contributed by atoms with E-state index in [1.165, 1.54) is 18.7 Å². The van der Waals surface area contributed by atoms with Crippen LogP contribution < -0.4 is 11.1 Å². The van der Waals surface area contributed by atoms with E-state index in [-0.39, 0.29) is 5.91 Å². The Bertz CT molecular complexity index is 562. The van der Waals surface area contributed by atoms with Gasteiger partial charge in [-0.05, 0) is 31.2 Å². The summed E-state index contributed by atoms with van der Waals surface area (Å²) in [4.78, 5) is 19.1. The number of carbonyl (C=O) groups is 1. The van der Waals surface area contributed by atoms with E-state index in [2.05, 4.69) is 15.3 Å². The first kappa shape index (κ1) is 12.5. The summed E-state index contributed by atoms with van der Waals surface area (Å²) in [6.45, 7) is 3.34. The molecule has 2 rings (SSSR count). The van der Waals surface area contributed by atoms with Gasteiger partial charge in [-0.3, -0.25) is 4.79 Å². The Morgan fingerprint density at radius 1 is 1.39 bits per heavy atom. The number of amides is 1. The van der Waals surface area contributed by atoms with E-state index >= 15 is 0 Å². The van der Waals surface area contributed by atoms with Gasteiger partial charge in [-0.1, -0.05) is 11.8 Å². The molecule has 1 aromatic heterocycles. The normalized spacial score (nSPS) is 10.3. The molecule has 1 heterocycles. The molecule has 1 aromatic carbocycles. The maximum atomic E-state index is 10.9. The van der Waals surface area contributed by atoms with Crippen LogP contribution in [0.25, 0.3) is 0 Å². The first-order chi connectivity index (χ1) is 8.54. The third-order valence-electron chi connectivity index (χ3n) is 2.20. The fourth-order valence-electron chi connectivity index (χ4n) is 1.49. The molecule has 0 spiro atoms. The number of aryl methyl sites for hydroxylation is 1. The predicted octanol–water partition coefficient (Wildman–Crippen LogP) is 2.41. The predicted molar refractivity (Wildman–Crippen MR) is 72.6 cm³/mol. The molecule has 18 heavy (non-hydrogen) atoms. The monoisotopic (exact) mass is 262 g/mol. The van der Waals surface area contributed by atoms with Gasteiger partial charge in [0.25, 0.3) is 0 Å². The average Bonchev–Trinajstić information content (AvgIpc) is 2.59. The number of carbonyl (C=O) groups excluding carboxylic acids is 1. The number of nitrogens with zero attached hydrogens (tertiary/aromatic N) is 1. The number of imidazole rings is 1. The van der Waals surface area contributed by atoms with Gasteiger partial charge in [0.15, 0.2) is 0 Å². The highest BCUT2D eigenvalue weighted by atomic mass is 32.2. The number of nitrogens with one attached hydrogen (secondary N) is 2. The van der Waals surface area contributed by atoms with Crippen LogP contribution in [-0.2, 0) is 4.79 Å².